The Hall–Kier alpha value is -2.75. The van der Waals surface area contributed by atoms with Crippen LogP contribution in [-0.2, 0) is 6.54 Å². The highest BCUT2D eigenvalue weighted by atomic mass is 16.5. The maximum absolute atomic E-state index is 13.3. The Kier molecular flexibility index (Phi) is 6.08. The van der Waals surface area contributed by atoms with Crippen molar-refractivity contribution in [2.45, 2.75) is 53.5 Å². The number of carbonyl (C=O) groups excluding carboxylic acids is 1. The van der Waals surface area contributed by atoms with Crippen LogP contribution in [0, 0.1) is 6.92 Å². The fraction of sp³-hybridized carbons (Fsp3) is 0.375. The van der Waals surface area contributed by atoms with Gasteiger partial charge in [0, 0.05) is 23.1 Å². The first-order valence-electron chi connectivity index (χ1n) is 10.2. The lowest BCUT2D eigenvalue weighted by molar-refractivity contribution is 0.101. The number of aryl methyl sites for hydroxylation is 2. The molecule has 0 bridgehead atoms. The lowest BCUT2D eigenvalue weighted by Crippen LogP contribution is -2.19. The quantitative estimate of drug-likeness (QED) is 0.537. The molecule has 0 aliphatic rings. The summed E-state index contributed by atoms with van der Waals surface area (Å²) in [6.07, 6.45) is 1.03. The minimum atomic E-state index is -0.0655. The van der Waals surface area contributed by atoms with Gasteiger partial charge in [-0.05, 0) is 68.5 Å². The van der Waals surface area contributed by atoms with Gasteiger partial charge < -0.3 is 14.6 Å². The molecule has 0 aliphatic heterocycles. The van der Waals surface area contributed by atoms with Crippen molar-refractivity contribution in [3.05, 3.63) is 59.3 Å². The number of hydrogen-bond donors (Lipinski definition) is 1. The van der Waals surface area contributed by atoms with E-state index in [2.05, 4.69) is 36.7 Å². The Morgan fingerprint density at radius 3 is 2.57 bits per heavy atom. The number of nitrogens with one attached hydrogen (secondary N) is 1. The minimum absolute atomic E-state index is 0.0655. The van der Waals surface area contributed by atoms with E-state index >= 15 is 0 Å². The molecule has 0 spiro atoms. The molecule has 2 aromatic carbocycles. The Morgan fingerprint density at radius 1 is 1.14 bits per heavy atom. The maximum Gasteiger partial charge on any atom is 0.272 e. The lowest BCUT2D eigenvalue weighted by Gasteiger charge is -2.16. The maximum atomic E-state index is 13.3. The zero-order valence-corrected chi connectivity index (χ0v) is 17.5. The van der Waals surface area contributed by atoms with Gasteiger partial charge in [-0.15, -0.1) is 0 Å². The number of hydrogen-bond acceptors (Lipinski definition) is 2. The van der Waals surface area contributed by atoms with Gasteiger partial charge in [-0.25, -0.2) is 0 Å². The summed E-state index contributed by atoms with van der Waals surface area (Å²) in [7, 11) is 0. The number of anilines is 1. The van der Waals surface area contributed by atoms with Gasteiger partial charge in [0.2, 0.25) is 0 Å². The van der Waals surface area contributed by atoms with Gasteiger partial charge in [0.25, 0.3) is 5.91 Å². The van der Waals surface area contributed by atoms with Gasteiger partial charge in [-0.2, -0.15) is 0 Å². The summed E-state index contributed by atoms with van der Waals surface area (Å²) in [5.74, 6) is 1.16. The van der Waals surface area contributed by atoms with Crippen molar-refractivity contribution in [1.82, 2.24) is 4.57 Å². The number of ether oxygens (including phenoxy) is 1. The number of carbonyl (C=O) groups is 1. The summed E-state index contributed by atoms with van der Waals surface area (Å²) in [5, 5.41) is 4.23. The van der Waals surface area contributed by atoms with Crippen molar-refractivity contribution >= 4 is 22.5 Å². The van der Waals surface area contributed by atoms with Crippen molar-refractivity contribution in [2.24, 2.45) is 0 Å². The molecule has 0 saturated carbocycles. The second kappa shape index (κ2) is 8.51. The largest absolute Gasteiger partial charge is 0.494 e. The van der Waals surface area contributed by atoms with Crippen LogP contribution in [0.3, 0.4) is 0 Å². The van der Waals surface area contributed by atoms with E-state index in [0.29, 0.717) is 18.2 Å². The molecule has 3 rings (SSSR count). The summed E-state index contributed by atoms with van der Waals surface area (Å²) < 4.78 is 7.74. The third-order valence-electron chi connectivity index (χ3n) is 5.48. The molecule has 4 nitrogen and oxygen atoms in total. The first-order valence-corrected chi connectivity index (χ1v) is 10.2. The molecule has 3 aromatic rings. The van der Waals surface area contributed by atoms with Gasteiger partial charge in [-0.1, -0.05) is 32.0 Å². The van der Waals surface area contributed by atoms with E-state index in [0.717, 1.165) is 40.9 Å². The third kappa shape index (κ3) is 3.64. The number of benzene rings is 2. The first-order chi connectivity index (χ1) is 13.5. The summed E-state index contributed by atoms with van der Waals surface area (Å²) in [6.45, 7) is 11.8. The number of rotatable bonds is 7. The molecule has 0 aliphatic carbocycles. The lowest BCUT2D eigenvalue weighted by atomic mass is 9.97. The van der Waals surface area contributed by atoms with Crippen LogP contribution in [0.4, 0.5) is 5.69 Å². The average Bonchev–Trinajstić information content (AvgIpc) is 2.99. The van der Waals surface area contributed by atoms with Crippen LogP contribution in [0.1, 0.15) is 61.6 Å². The minimum Gasteiger partial charge on any atom is -0.494 e. The number of para-hydroxylation sites is 1. The Morgan fingerprint density at radius 2 is 1.89 bits per heavy atom. The molecule has 0 fully saturated rings. The second-order valence-electron chi connectivity index (χ2n) is 7.18. The predicted octanol–water partition coefficient (Wildman–Crippen LogP) is 6.13. The van der Waals surface area contributed by atoms with Crippen LogP contribution in [0.15, 0.2) is 42.5 Å². The molecular weight excluding hydrogens is 348 g/mol. The molecule has 0 radical (unpaired) electrons. The molecule has 28 heavy (non-hydrogen) atoms. The van der Waals surface area contributed by atoms with E-state index in [1.165, 1.54) is 5.56 Å². The van der Waals surface area contributed by atoms with Crippen LogP contribution in [0.5, 0.6) is 5.75 Å². The van der Waals surface area contributed by atoms with Crippen LogP contribution in [0.25, 0.3) is 10.9 Å². The third-order valence-corrected chi connectivity index (χ3v) is 5.48. The Balaban J connectivity index is 2.04. The van der Waals surface area contributed by atoms with Gasteiger partial charge in [0.15, 0.2) is 0 Å². The van der Waals surface area contributed by atoms with Gasteiger partial charge in [0.1, 0.15) is 11.4 Å². The molecule has 1 atom stereocenters. The van der Waals surface area contributed by atoms with Crippen LogP contribution in [-0.4, -0.2) is 17.1 Å². The first kappa shape index (κ1) is 20.0. The van der Waals surface area contributed by atoms with E-state index in [4.69, 9.17) is 4.74 Å². The second-order valence-corrected chi connectivity index (χ2v) is 7.18. The van der Waals surface area contributed by atoms with Crippen molar-refractivity contribution in [1.29, 1.82) is 0 Å². The van der Waals surface area contributed by atoms with Crippen molar-refractivity contribution in [2.75, 3.05) is 11.9 Å². The molecule has 1 amide bonds. The van der Waals surface area contributed by atoms with Crippen molar-refractivity contribution < 1.29 is 9.53 Å². The number of fused-ring (bicyclic) bond motifs is 1. The number of amides is 1. The fourth-order valence-electron chi connectivity index (χ4n) is 3.82. The topological polar surface area (TPSA) is 43.3 Å². The van der Waals surface area contributed by atoms with Crippen LogP contribution in [0.2, 0.25) is 0 Å². The summed E-state index contributed by atoms with van der Waals surface area (Å²) >= 11 is 0. The molecule has 148 valence electrons. The van der Waals surface area contributed by atoms with E-state index in [1.54, 1.807) is 0 Å². The molecule has 1 N–H and O–H groups in total. The summed E-state index contributed by atoms with van der Waals surface area (Å²) in [5.41, 5.74) is 4.82. The highest BCUT2D eigenvalue weighted by Crippen LogP contribution is 2.31. The van der Waals surface area contributed by atoms with Crippen molar-refractivity contribution in [3.8, 4) is 5.75 Å². The van der Waals surface area contributed by atoms with Crippen LogP contribution >= 0.6 is 0 Å². The Bertz CT molecular complexity index is 988. The normalized spacial score (nSPS) is 12.2. The van der Waals surface area contributed by atoms with E-state index in [9.17, 15) is 4.79 Å². The number of aromatic nitrogens is 1. The highest BCUT2D eigenvalue weighted by Gasteiger charge is 2.21. The zero-order valence-electron chi connectivity index (χ0n) is 17.5. The number of nitrogens with zero attached hydrogens (tertiary/aromatic N) is 1. The monoisotopic (exact) mass is 378 g/mol. The fourth-order valence-corrected chi connectivity index (χ4v) is 3.82. The standard InChI is InChI=1S/C24H30N2O2/c1-6-16(4)19-11-9-10-12-21(19)25-24(27)23-17(5)20-15-18(28-8-3)13-14-22(20)26(23)7-2/h9-16H,6-8H2,1-5H3,(H,25,27). The van der Waals surface area contributed by atoms with Gasteiger partial charge in [0.05, 0.1) is 6.61 Å². The SMILES string of the molecule is CCOc1ccc2c(c1)c(C)c(C(=O)Nc1ccccc1C(C)CC)n2CC. The molecule has 0 saturated heterocycles. The van der Waals surface area contributed by atoms with Gasteiger partial charge in [-0.3, -0.25) is 4.79 Å². The van der Waals surface area contributed by atoms with E-state index < -0.39 is 0 Å². The molecular formula is C24H30N2O2. The van der Waals surface area contributed by atoms with E-state index in [1.807, 2.05) is 50.2 Å². The van der Waals surface area contributed by atoms with Gasteiger partial charge >= 0.3 is 0 Å². The van der Waals surface area contributed by atoms with Crippen molar-refractivity contribution in [3.63, 3.8) is 0 Å². The average molecular weight is 379 g/mol. The summed E-state index contributed by atoms with van der Waals surface area (Å²) in [4.78, 5) is 13.3. The Labute approximate surface area is 167 Å². The molecule has 1 unspecified atom stereocenters. The zero-order chi connectivity index (χ0) is 20.3. The highest BCUT2D eigenvalue weighted by molar-refractivity contribution is 6.08. The molecule has 1 aromatic heterocycles. The summed E-state index contributed by atoms with van der Waals surface area (Å²) in [6, 6.07) is 14.1. The molecule has 4 heteroatoms. The smallest absolute Gasteiger partial charge is 0.272 e. The predicted molar refractivity (Wildman–Crippen MR) is 117 cm³/mol. The van der Waals surface area contributed by atoms with Crippen LogP contribution < -0.4 is 10.1 Å². The van der Waals surface area contributed by atoms with E-state index in [-0.39, 0.29) is 5.91 Å². The molecule has 1 heterocycles.